The van der Waals surface area contributed by atoms with Crippen molar-refractivity contribution in [3.05, 3.63) is 29.8 Å². The second kappa shape index (κ2) is 5.76. The van der Waals surface area contributed by atoms with Crippen molar-refractivity contribution in [1.29, 1.82) is 0 Å². The van der Waals surface area contributed by atoms with Gasteiger partial charge in [0.2, 0.25) is 0 Å². The van der Waals surface area contributed by atoms with Gasteiger partial charge >= 0.3 is 6.09 Å². The molecule has 1 saturated heterocycles. The number of nitrogen functional groups attached to an aromatic ring is 1. The molecule has 1 aliphatic rings. The highest BCUT2D eigenvalue weighted by Crippen LogP contribution is 2.27. The van der Waals surface area contributed by atoms with Crippen LogP contribution in [0.25, 0.3) is 0 Å². The van der Waals surface area contributed by atoms with Gasteiger partial charge in [-0.1, -0.05) is 12.1 Å². The number of carbonyl (C=O) groups is 1. The predicted molar refractivity (Wildman–Crippen MR) is 71.4 cm³/mol. The molecule has 4 nitrogen and oxygen atoms in total. The highest BCUT2D eigenvalue weighted by Gasteiger charge is 2.25. The van der Waals surface area contributed by atoms with Gasteiger partial charge < -0.3 is 15.4 Å². The van der Waals surface area contributed by atoms with Crippen LogP contribution in [0.15, 0.2) is 24.3 Å². The minimum Gasteiger partial charge on any atom is -0.450 e. The summed E-state index contributed by atoms with van der Waals surface area (Å²) < 4.78 is 5.05. The Hall–Kier alpha value is -1.71. The molecule has 1 amide bonds. The number of benzene rings is 1. The average molecular weight is 248 g/mol. The molecule has 98 valence electrons. The smallest absolute Gasteiger partial charge is 0.409 e. The van der Waals surface area contributed by atoms with Crippen LogP contribution in [0.2, 0.25) is 0 Å². The fourth-order valence-corrected chi connectivity index (χ4v) is 2.40. The first-order valence-corrected chi connectivity index (χ1v) is 6.48. The summed E-state index contributed by atoms with van der Waals surface area (Å²) >= 11 is 0. The molecule has 0 aliphatic carbocycles. The number of hydrogen-bond acceptors (Lipinski definition) is 3. The third-order valence-electron chi connectivity index (χ3n) is 3.36. The van der Waals surface area contributed by atoms with Crippen LogP contribution in [-0.2, 0) is 4.74 Å². The summed E-state index contributed by atoms with van der Waals surface area (Å²) in [7, 11) is 0. The monoisotopic (exact) mass is 248 g/mol. The van der Waals surface area contributed by atoms with Crippen molar-refractivity contribution in [1.82, 2.24) is 4.90 Å². The number of ether oxygens (including phenoxy) is 1. The second-order valence-corrected chi connectivity index (χ2v) is 4.65. The molecule has 1 heterocycles. The van der Waals surface area contributed by atoms with Gasteiger partial charge in [-0.2, -0.15) is 0 Å². The van der Waals surface area contributed by atoms with Gasteiger partial charge in [0.05, 0.1) is 6.61 Å². The molecule has 2 N–H and O–H groups in total. The molecule has 1 aliphatic heterocycles. The van der Waals surface area contributed by atoms with Gasteiger partial charge in [-0.3, -0.25) is 0 Å². The van der Waals surface area contributed by atoms with E-state index < -0.39 is 0 Å². The molecule has 0 radical (unpaired) electrons. The van der Waals surface area contributed by atoms with E-state index in [0.717, 1.165) is 31.6 Å². The van der Waals surface area contributed by atoms with Crippen LogP contribution in [0.3, 0.4) is 0 Å². The summed E-state index contributed by atoms with van der Waals surface area (Å²) in [4.78, 5) is 13.5. The van der Waals surface area contributed by atoms with E-state index in [4.69, 9.17) is 10.5 Å². The molecular formula is C14H20N2O2. The maximum Gasteiger partial charge on any atom is 0.409 e. The number of likely N-dealkylation sites (tertiary alicyclic amines) is 1. The number of anilines is 1. The zero-order valence-corrected chi connectivity index (χ0v) is 10.8. The van der Waals surface area contributed by atoms with E-state index >= 15 is 0 Å². The predicted octanol–water partition coefficient (Wildman–Crippen LogP) is 2.60. The lowest BCUT2D eigenvalue weighted by Crippen LogP contribution is -2.39. The number of carbonyl (C=O) groups excluding carboxylic acids is 1. The van der Waals surface area contributed by atoms with E-state index in [0.29, 0.717) is 12.5 Å². The van der Waals surface area contributed by atoms with Crippen LogP contribution in [-0.4, -0.2) is 30.7 Å². The van der Waals surface area contributed by atoms with Crippen LogP contribution in [0.1, 0.15) is 31.2 Å². The first-order valence-electron chi connectivity index (χ1n) is 6.48. The van der Waals surface area contributed by atoms with Crippen LogP contribution in [0.4, 0.5) is 10.5 Å². The molecular weight excluding hydrogens is 228 g/mol. The van der Waals surface area contributed by atoms with Gasteiger partial charge in [-0.25, -0.2) is 4.79 Å². The van der Waals surface area contributed by atoms with E-state index in [1.807, 2.05) is 19.1 Å². The molecule has 1 atom stereocenters. The lowest BCUT2D eigenvalue weighted by molar-refractivity contribution is 0.0958. The third-order valence-corrected chi connectivity index (χ3v) is 3.36. The summed E-state index contributed by atoms with van der Waals surface area (Å²) in [6.07, 6.45) is 1.94. The summed E-state index contributed by atoms with van der Waals surface area (Å²) in [5, 5.41) is 0. The zero-order valence-electron chi connectivity index (χ0n) is 10.8. The number of nitrogens with zero attached hydrogens (tertiary/aromatic N) is 1. The molecule has 18 heavy (non-hydrogen) atoms. The lowest BCUT2D eigenvalue weighted by atomic mass is 9.91. The maximum atomic E-state index is 11.7. The van der Waals surface area contributed by atoms with E-state index in [1.165, 1.54) is 5.56 Å². The quantitative estimate of drug-likeness (QED) is 0.818. The van der Waals surface area contributed by atoms with Gasteiger partial charge in [0.15, 0.2) is 0 Å². The Morgan fingerprint density at radius 3 is 2.83 bits per heavy atom. The molecule has 1 aromatic carbocycles. The second-order valence-electron chi connectivity index (χ2n) is 4.65. The molecule has 4 heteroatoms. The Morgan fingerprint density at radius 2 is 2.17 bits per heavy atom. The van der Waals surface area contributed by atoms with Crippen molar-refractivity contribution in [2.24, 2.45) is 0 Å². The fourth-order valence-electron chi connectivity index (χ4n) is 2.40. The molecule has 0 saturated carbocycles. The number of hydrogen-bond donors (Lipinski definition) is 1. The largest absolute Gasteiger partial charge is 0.450 e. The van der Waals surface area contributed by atoms with E-state index in [-0.39, 0.29) is 6.09 Å². The number of rotatable bonds is 2. The zero-order chi connectivity index (χ0) is 13.0. The fraction of sp³-hybridized carbons (Fsp3) is 0.500. The SMILES string of the molecule is CCOC(=O)N1CCCC(c2ccc(N)cc2)C1. The first kappa shape index (κ1) is 12.7. The summed E-state index contributed by atoms with van der Waals surface area (Å²) in [6, 6.07) is 7.93. The highest BCUT2D eigenvalue weighted by molar-refractivity contribution is 5.67. The summed E-state index contributed by atoms with van der Waals surface area (Å²) in [6.45, 7) is 3.80. The van der Waals surface area contributed by atoms with Crippen LogP contribution in [0, 0.1) is 0 Å². The van der Waals surface area contributed by atoms with Crippen molar-refractivity contribution in [2.75, 3.05) is 25.4 Å². The molecule has 0 spiro atoms. The molecule has 0 bridgehead atoms. The minimum absolute atomic E-state index is 0.197. The first-order chi connectivity index (χ1) is 8.70. The lowest BCUT2D eigenvalue weighted by Gasteiger charge is -2.32. The number of amides is 1. The van der Waals surface area contributed by atoms with Gasteiger partial charge in [0.25, 0.3) is 0 Å². The average Bonchev–Trinajstić information content (AvgIpc) is 2.40. The Bertz CT molecular complexity index is 403. The Kier molecular flexibility index (Phi) is 4.07. The standard InChI is InChI=1S/C14H20N2O2/c1-2-18-14(17)16-9-3-4-12(10-16)11-5-7-13(15)8-6-11/h5-8,12H,2-4,9-10,15H2,1H3. The van der Waals surface area contributed by atoms with Crippen molar-refractivity contribution in [3.8, 4) is 0 Å². The van der Waals surface area contributed by atoms with Crippen molar-refractivity contribution >= 4 is 11.8 Å². The van der Waals surface area contributed by atoms with Crippen LogP contribution >= 0.6 is 0 Å². The van der Waals surface area contributed by atoms with Gasteiger partial charge in [0.1, 0.15) is 0 Å². The minimum atomic E-state index is -0.197. The normalized spacial score (nSPS) is 19.6. The van der Waals surface area contributed by atoms with Crippen LogP contribution < -0.4 is 5.73 Å². The molecule has 1 unspecified atom stereocenters. The summed E-state index contributed by atoms with van der Waals surface area (Å²) in [5.74, 6) is 0.392. The van der Waals surface area contributed by atoms with E-state index in [1.54, 1.807) is 4.90 Å². The Balaban J connectivity index is 2.02. The molecule has 1 aromatic rings. The van der Waals surface area contributed by atoms with Crippen LogP contribution in [0.5, 0.6) is 0 Å². The Labute approximate surface area is 108 Å². The summed E-state index contributed by atoms with van der Waals surface area (Å²) in [5.41, 5.74) is 7.71. The van der Waals surface area contributed by atoms with Gasteiger partial charge in [-0.15, -0.1) is 0 Å². The third kappa shape index (κ3) is 2.94. The highest BCUT2D eigenvalue weighted by atomic mass is 16.6. The maximum absolute atomic E-state index is 11.7. The van der Waals surface area contributed by atoms with Crippen molar-refractivity contribution in [2.45, 2.75) is 25.7 Å². The van der Waals surface area contributed by atoms with E-state index in [9.17, 15) is 4.79 Å². The topological polar surface area (TPSA) is 55.6 Å². The van der Waals surface area contributed by atoms with Crippen molar-refractivity contribution < 1.29 is 9.53 Å². The number of piperidine rings is 1. The molecule has 1 fully saturated rings. The number of nitrogens with two attached hydrogens (primary N) is 1. The molecule has 2 rings (SSSR count). The van der Waals surface area contributed by atoms with E-state index in [2.05, 4.69) is 12.1 Å². The van der Waals surface area contributed by atoms with Gasteiger partial charge in [0, 0.05) is 24.7 Å². The van der Waals surface area contributed by atoms with Gasteiger partial charge in [-0.05, 0) is 37.5 Å². The van der Waals surface area contributed by atoms with Crippen molar-refractivity contribution in [3.63, 3.8) is 0 Å². The molecule has 0 aromatic heterocycles. The Morgan fingerprint density at radius 1 is 1.44 bits per heavy atom.